The summed E-state index contributed by atoms with van der Waals surface area (Å²) in [7, 11) is 1.82. The van der Waals surface area contributed by atoms with E-state index < -0.39 is 0 Å². The first-order chi connectivity index (χ1) is 9.61. The summed E-state index contributed by atoms with van der Waals surface area (Å²) in [5.74, 6) is 0.143. The van der Waals surface area contributed by atoms with Crippen LogP contribution in [0.3, 0.4) is 0 Å². The van der Waals surface area contributed by atoms with Gasteiger partial charge >= 0.3 is 0 Å². The van der Waals surface area contributed by atoms with E-state index in [1.807, 2.05) is 7.05 Å². The number of aryl methyl sites for hydroxylation is 1. The first-order valence-electron chi connectivity index (χ1n) is 7.74. The van der Waals surface area contributed by atoms with Crippen molar-refractivity contribution in [1.82, 2.24) is 5.32 Å². The van der Waals surface area contributed by atoms with E-state index in [0.717, 1.165) is 18.8 Å². The van der Waals surface area contributed by atoms with Crippen LogP contribution in [0.4, 0.5) is 8.78 Å². The third-order valence-electron chi connectivity index (χ3n) is 4.59. The molecular weight excluding hydrogens is 256 g/mol. The molecular formula is C17H25F2N. The van der Waals surface area contributed by atoms with Gasteiger partial charge < -0.3 is 5.32 Å². The van der Waals surface area contributed by atoms with E-state index in [4.69, 9.17) is 0 Å². The SMILES string of the molecule is CNC(CCC1CCCCC1)c1cc(F)c(C)cc1F. The Morgan fingerprint density at radius 1 is 1.15 bits per heavy atom. The molecule has 1 atom stereocenters. The molecule has 1 aliphatic rings. The van der Waals surface area contributed by atoms with Gasteiger partial charge in [0.1, 0.15) is 11.6 Å². The molecule has 0 radical (unpaired) electrons. The standard InChI is InChI=1S/C17H25F2N/c1-12-10-16(19)14(11-15(12)18)17(20-2)9-8-13-6-4-3-5-7-13/h10-11,13,17,20H,3-9H2,1-2H3. The Morgan fingerprint density at radius 3 is 2.50 bits per heavy atom. The lowest BCUT2D eigenvalue weighted by atomic mass is 9.84. The number of hydrogen-bond donors (Lipinski definition) is 1. The number of hydrogen-bond acceptors (Lipinski definition) is 1. The summed E-state index contributed by atoms with van der Waals surface area (Å²) in [5.41, 5.74) is 0.833. The van der Waals surface area contributed by atoms with Gasteiger partial charge in [-0.25, -0.2) is 8.78 Å². The molecule has 112 valence electrons. The summed E-state index contributed by atoms with van der Waals surface area (Å²) in [6.07, 6.45) is 8.55. The van der Waals surface area contributed by atoms with Gasteiger partial charge in [-0.3, -0.25) is 0 Å². The topological polar surface area (TPSA) is 12.0 Å². The first kappa shape index (κ1) is 15.4. The molecule has 1 N–H and O–H groups in total. The summed E-state index contributed by atoms with van der Waals surface area (Å²) in [4.78, 5) is 0. The van der Waals surface area contributed by atoms with Crippen LogP contribution in [0.15, 0.2) is 12.1 Å². The summed E-state index contributed by atoms with van der Waals surface area (Å²) in [5, 5.41) is 3.14. The van der Waals surface area contributed by atoms with E-state index in [-0.39, 0.29) is 17.7 Å². The van der Waals surface area contributed by atoms with Gasteiger partial charge in [0.05, 0.1) is 0 Å². The van der Waals surface area contributed by atoms with Gasteiger partial charge in [-0.15, -0.1) is 0 Å². The molecule has 1 aromatic carbocycles. The Morgan fingerprint density at radius 2 is 1.85 bits per heavy atom. The van der Waals surface area contributed by atoms with E-state index in [1.165, 1.54) is 44.2 Å². The van der Waals surface area contributed by atoms with Gasteiger partial charge in [0, 0.05) is 11.6 Å². The lowest BCUT2D eigenvalue weighted by Crippen LogP contribution is -2.20. The van der Waals surface area contributed by atoms with Crippen LogP contribution in [0.2, 0.25) is 0 Å². The van der Waals surface area contributed by atoms with Crippen LogP contribution in [0, 0.1) is 24.5 Å². The molecule has 1 aliphatic carbocycles. The Balaban J connectivity index is 2.02. The van der Waals surface area contributed by atoms with Crippen molar-refractivity contribution in [2.45, 2.75) is 57.9 Å². The van der Waals surface area contributed by atoms with E-state index in [2.05, 4.69) is 5.32 Å². The van der Waals surface area contributed by atoms with Gasteiger partial charge in [0.25, 0.3) is 0 Å². The van der Waals surface area contributed by atoms with Crippen LogP contribution >= 0.6 is 0 Å². The van der Waals surface area contributed by atoms with E-state index in [0.29, 0.717) is 11.1 Å². The Labute approximate surface area is 120 Å². The molecule has 3 heteroatoms. The second-order valence-corrected chi connectivity index (χ2v) is 6.05. The van der Waals surface area contributed by atoms with Gasteiger partial charge in [0.2, 0.25) is 0 Å². The van der Waals surface area contributed by atoms with Crippen molar-refractivity contribution in [3.05, 3.63) is 34.9 Å². The fourth-order valence-electron chi connectivity index (χ4n) is 3.26. The zero-order chi connectivity index (χ0) is 14.5. The highest BCUT2D eigenvalue weighted by molar-refractivity contribution is 5.27. The third-order valence-corrected chi connectivity index (χ3v) is 4.59. The predicted octanol–water partition coefficient (Wildman–Crippen LogP) is 4.89. The highest BCUT2D eigenvalue weighted by atomic mass is 19.1. The zero-order valence-corrected chi connectivity index (χ0v) is 12.5. The van der Waals surface area contributed by atoms with Crippen LogP contribution in [0.1, 0.15) is 62.1 Å². The number of nitrogens with one attached hydrogen (secondary N) is 1. The summed E-state index contributed by atoms with van der Waals surface area (Å²) >= 11 is 0. The molecule has 0 aromatic heterocycles. The molecule has 0 aliphatic heterocycles. The van der Waals surface area contributed by atoms with E-state index in [1.54, 1.807) is 6.92 Å². The van der Waals surface area contributed by atoms with Crippen LogP contribution in [-0.4, -0.2) is 7.05 Å². The van der Waals surface area contributed by atoms with Crippen molar-refractivity contribution in [3.8, 4) is 0 Å². The Bertz CT molecular complexity index is 439. The van der Waals surface area contributed by atoms with Crippen molar-refractivity contribution in [3.63, 3.8) is 0 Å². The quantitative estimate of drug-likeness (QED) is 0.810. The Kier molecular flexibility index (Phi) is 5.53. The van der Waals surface area contributed by atoms with E-state index >= 15 is 0 Å². The highest BCUT2D eigenvalue weighted by Crippen LogP contribution is 2.31. The van der Waals surface area contributed by atoms with E-state index in [9.17, 15) is 8.78 Å². The second-order valence-electron chi connectivity index (χ2n) is 6.05. The summed E-state index contributed by atoms with van der Waals surface area (Å²) in [6.45, 7) is 1.60. The Hall–Kier alpha value is -0.960. The normalized spacial score (nSPS) is 18.2. The van der Waals surface area contributed by atoms with Gasteiger partial charge in [-0.05, 0) is 50.4 Å². The molecule has 1 aromatic rings. The minimum Gasteiger partial charge on any atom is -0.313 e. The van der Waals surface area contributed by atoms with Crippen molar-refractivity contribution in [2.75, 3.05) is 7.05 Å². The van der Waals surface area contributed by atoms with Gasteiger partial charge in [-0.1, -0.05) is 32.1 Å². The minimum atomic E-state index is -0.320. The van der Waals surface area contributed by atoms with Gasteiger partial charge in [0.15, 0.2) is 0 Å². The molecule has 20 heavy (non-hydrogen) atoms. The van der Waals surface area contributed by atoms with Crippen molar-refractivity contribution < 1.29 is 8.78 Å². The fraction of sp³-hybridized carbons (Fsp3) is 0.647. The lowest BCUT2D eigenvalue weighted by Gasteiger charge is -2.24. The maximum atomic E-state index is 14.0. The van der Waals surface area contributed by atoms with Crippen molar-refractivity contribution >= 4 is 0 Å². The second kappa shape index (κ2) is 7.16. The van der Waals surface area contributed by atoms with Crippen LogP contribution in [-0.2, 0) is 0 Å². The van der Waals surface area contributed by atoms with Crippen LogP contribution in [0.25, 0.3) is 0 Å². The number of halogens is 2. The molecule has 1 saturated carbocycles. The predicted molar refractivity (Wildman–Crippen MR) is 78.7 cm³/mol. The largest absolute Gasteiger partial charge is 0.313 e. The number of rotatable bonds is 5. The molecule has 1 unspecified atom stereocenters. The van der Waals surface area contributed by atoms with Gasteiger partial charge in [-0.2, -0.15) is 0 Å². The molecule has 0 bridgehead atoms. The third kappa shape index (κ3) is 3.78. The molecule has 1 nitrogen and oxygen atoms in total. The molecule has 0 spiro atoms. The first-order valence-corrected chi connectivity index (χ1v) is 7.74. The smallest absolute Gasteiger partial charge is 0.128 e. The van der Waals surface area contributed by atoms with Crippen LogP contribution in [0.5, 0.6) is 0 Å². The molecule has 0 amide bonds. The monoisotopic (exact) mass is 281 g/mol. The molecule has 0 heterocycles. The maximum absolute atomic E-state index is 14.0. The number of benzene rings is 1. The average Bonchev–Trinajstić information content (AvgIpc) is 2.46. The maximum Gasteiger partial charge on any atom is 0.128 e. The minimum absolute atomic E-state index is 0.0907. The highest BCUT2D eigenvalue weighted by Gasteiger charge is 2.19. The fourth-order valence-corrected chi connectivity index (χ4v) is 3.26. The summed E-state index contributed by atoms with van der Waals surface area (Å²) < 4.78 is 27.7. The summed E-state index contributed by atoms with van der Waals surface area (Å²) in [6, 6.07) is 2.56. The zero-order valence-electron chi connectivity index (χ0n) is 12.5. The average molecular weight is 281 g/mol. The molecule has 2 rings (SSSR count). The van der Waals surface area contributed by atoms with Crippen LogP contribution < -0.4 is 5.32 Å². The van der Waals surface area contributed by atoms with Crippen molar-refractivity contribution in [2.24, 2.45) is 5.92 Å². The lowest BCUT2D eigenvalue weighted by molar-refractivity contribution is 0.315. The molecule has 0 saturated heterocycles. The van der Waals surface area contributed by atoms with Crippen molar-refractivity contribution in [1.29, 1.82) is 0 Å². The molecule has 1 fully saturated rings.